The number of hydrogen-bond donors (Lipinski definition) is 0. The molecule has 4 unspecified atom stereocenters. The van der Waals surface area contributed by atoms with E-state index in [9.17, 15) is 4.39 Å². The van der Waals surface area contributed by atoms with Crippen molar-refractivity contribution in [1.29, 1.82) is 0 Å². The molecule has 0 radical (unpaired) electrons. The van der Waals surface area contributed by atoms with Crippen molar-refractivity contribution in [2.24, 2.45) is 29.6 Å². The van der Waals surface area contributed by atoms with Crippen molar-refractivity contribution in [3.05, 3.63) is 60.5 Å². The Balaban J connectivity index is 1.28. The van der Waals surface area contributed by atoms with Gasteiger partial charge in [-0.25, -0.2) is 4.39 Å². The Morgan fingerprint density at radius 3 is 2.13 bits per heavy atom. The lowest BCUT2D eigenvalue weighted by Gasteiger charge is -2.45. The maximum Gasteiger partial charge on any atom is 0.126 e. The van der Waals surface area contributed by atoms with Crippen LogP contribution in [0.5, 0.6) is 0 Å². The summed E-state index contributed by atoms with van der Waals surface area (Å²) in [5, 5.41) is 0. The Labute approximate surface area is 190 Å². The van der Waals surface area contributed by atoms with E-state index < -0.39 is 0 Å². The number of allylic oxidation sites excluding steroid dienone is 2. The van der Waals surface area contributed by atoms with Crippen LogP contribution in [0.25, 0.3) is 0 Å². The Hall–Kier alpha value is -1.37. The van der Waals surface area contributed by atoms with Crippen LogP contribution in [-0.2, 0) is 6.42 Å². The van der Waals surface area contributed by atoms with Crippen LogP contribution in [-0.4, -0.2) is 0 Å². The summed E-state index contributed by atoms with van der Waals surface area (Å²) >= 11 is 0. The fraction of sp³-hybridized carbons (Fsp3) is 0.667. The molecule has 1 heteroatoms. The van der Waals surface area contributed by atoms with Crippen LogP contribution in [0, 0.1) is 35.4 Å². The van der Waals surface area contributed by atoms with E-state index in [1.807, 2.05) is 18.2 Å². The third-order valence-corrected chi connectivity index (χ3v) is 9.16. The molecule has 0 heterocycles. The molecule has 0 aliphatic heterocycles. The lowest BCUT2D eigenvalue weighted by atomic mass is 9.60. The molecule has 0 spiro atoms. The summed E-state index contributed by atoms with van der Waals surface area (Å²) in [6.07, 6.45) is 22.3. The standard InChI is InChI=1S/C30H43F/c1-3-5-7-22-9-11-23(12-10-22)25-15-16-27-20-28(18-17-26(27)19-25)29-14-13-24(8-6-4-2)30(31)21-29/h3-4,13-14,21-23,25-28H,1-2,5-12,15-20H2. The minimum atomic E-state index is -0.00567. The molecular formula is C30H43F. The van der Waals surface area contributed by atoms with Crippen LogP contribution >= 0.6 is 0 Å². The normalized spacial score (nSPS) is 33.5. The third kappa shape index (κ3) is 5.71. The maximum absolute atomic E-state index is 14.6. The molecule has 0 saturated heterocycles. The predicted octanol–water partition coefficient (Wildman–Crippen LogP) is 9.02. The van der Waals surface area contributed by atoms with Gasteiger partial charge in [-0.1, -0.05) is 37.1 Å². The first-order valence-electron chi connectivity index (χ1n) is 13.2. The fourth-order valence-electron chi connectivity index (χ4n) is 7.24. The van der Waals surface area contributed by atoms with Gasteiger partial charge in [-0.3, -0.25) is 0 Å². The van der Waals surface area contributed by atoms with E-state index in [0.717, 1.165) is 48.0 Å². The van der Waals surface area contributed by atoms with E-state index in [1.165, 1.54) is 82.6 Å². The monoisotopic (exact) mass is 422 g/mol. The molecule has 1 aromatic rings. The average Bonchev–Trinajstić information content (AvgIpc) is 2.81. The molecule has 0 aromatic heterocycles. The highest BCUT2D eigenvalue weighted by atomic mass is 19.1. The van der Waals surface area contributed by atoms with Gasteiger partial charge in [0.2, 0.25) is 0 Å². The number of fused-ring (bicyclic) bond motifs is 1. The number of benzene rings is 1. The van der Waals surface area contributed by atoms with Crippen LogP contribution in [0.3, 0.4) is 0 Å². The van der Waals surface area contributed by atoms with Crippen molar-refractivity contribution in [3.63, 3.8) is 0 Å². The van der Waals surface area contributed by atoms with E-state index >= 15 is 0 Å². The largest absolute Gasteiger partial charge is 0.207 e. The first-order valence-corrected chi connectivity index (χ1v) is 13.2. The molecule has 3 aliphatic carbocycles. The van der Waals surface area contributed by atoms with Crippen molar-refractivity contribution in [2.75, 3.05) is 0 Å². The zero-order chi connectivity index (χ0) is 21.6. The summed E-state index contributed by atoms with van der Waals surface area (Å²) < 4.78 is 14.6. The predicted molar refractivity (Wildman–Crippen MR) is 131 cm³/mol. The van der Waals surface area contributed by atoms with E-state index in [-0.39, 0.29) is 5.82 Å². The number of aryl methyl sites for hydroxylation is 1. The second kappa shape index (κ2) is 11.0. The molecule has 31 heavy (non-hydrogen) atoms. The quantitative estimate of drug-likeness (QED) is 0.367. The van der Waals surface area contributed by atoms with Crippen LogP contribution in [0.1, 0.15) is 101 Å². The molecule has 0 amide bonds. The summed E-state index contributed by atoms with van der Waals surface area (Å²) in [5.74, 6) is 5.32. The van der Waals surface area contributed by atoms with Gasteiger partial charge in [-0.05, 0) is 130 Å². The average molecular weight is 423 g/mol. The summed E-state index contributed by atoms with van der Waals surface area (Å²) in [7, 11) is 0. The van der Waals surface area contributed by atoms with E-state index in [2.05, 4.69) is 25.3 Å². The minimum absolute atomic E-state index is 0.00567. The topological polar surface area (TPSA) is 0 Å². The first kappa shape index (κ1) is 22.8. The van der Waals surface area contributed by atoms with Gasteiger partial charge in [0.05, 0.1) is 0 Å². The van der Waals surface area contributed by atoms with Gasteiger partial charge < -0.3 is 0 Å². The highest BCUT2D eigenvalue weighted by molar-refractivity contribution is 5.28. The summed E-state index contributed by atoms with van der Waals surface area (Å²) in [5.41, 5.74) is 2.09. The first-order chi connectivity index (χ1) is 15.2. The zero-order valence-corrected chi connectivity index (χ0v) is 19.5. The molecule has 0 bridgehead atoms. The van der Waals surface area contributed by atoms with Crippen molar-refractivity contribution < 1.29 is 4.39 Å². The van der Waals surface area contributed by atoms with Crippen LogP contribution in [0.2, 0.25) is 0 Å². The fourth-order valence-corrected chi connectivity index (χ4v) is 7.24. The molecular weight excluding hydrogens is 379 g/mol. The van der Waals surface area contributed by atoms with Crippen molar-refractivity contribution in [1.82, 2.24) is 0 Å². The van der Waals surface area contributed by atoms with Crippen molar-refractivity contribution >= 4 is 0 Å². The van der Waals surface area contributed by atoms with Gasteiger partial charge in [0.1, 0.15) is 5.82 Å². The highest BCUT2D eigenvalue weighted by Crippen LogP contribution is 2.51. The molecule has 3 saturated carbocycles. The summed E-state index contributed by atoms with van der Waals surface area (Å²) in [4.78, 5) is 0. The van der Waals surface area contributed by atoms with E-state index in [1.54, 1.807) is 0 Å². The van der Waals surface area contributed by atoms with Crippen LogP contribution < -0.4 is 0 Å². The Morgan fingerprint density at radius 2 is 1.42 bits per heavy atom. The molecule has 3 fully saturated rings. The van der Waals surface area contributed by atoms with Crippen molar-refractivity contribution in [2.45, 2.75) is 95.8 Å². The second-order valence-corrected chi connectivity index (χ2v) is 10.9. The zero-order valence-electron chi connectivity index (χ0n) is 19.5. The van der Waals surface area contributed by atoms with Crippen LogP contribution in [0.4, 0.5) is 4.39 Å². The molecule has 170 valence electrons. The number of hydrogen-bond acceptors (Lipinski definition) is 0. The lowest BCUT2D eigenvalue weighted by Crippen LogP contribution is -2.34. The van der Waals surface area contributed by atoms with Gasteiger partial charge in [0, 0.05) is 0 Å². The summed E-state index contributed by atoms with van der Waals surface area (Å²) in [6.45, 7) is 7.65. The van der Waals surface area contributed by atoms with Gasteiger partial charge in [-0.2, -0.15) is 0 Å². The van der Waals surface area contributed by atoms with Crippen LogP contribution in [0.15, 0.2) is 43.5 Å². The Bertz CT molecular complexity index is 726. The Kier molecular flexibility index (Phi) is 8.07. The molecule has 4 atom stereocenters. The molecule has 0 nitrogen and oxygen atoms in total. The highest BCUT2D eigenvalue weighted by Gasteiger charge is 2.39. The number of rotatable bonds is 8. The summed E-state index contributed by atoms with van der Waals surface area (Å²) in [6, 6.07) is 6.09. The minimum Gasteiger partial charge on any atom is -0.207 e. The Morgan fingerprint density at radius 1 is 0.774 bits per heavy atom. The lowest BCUT2D eigenvalue weighted by molar-refractivity contribution is 0.0713. The van der Waals surface area contributed by atoms with Gasteiger partial charge in [-0.15, -0.1) is 13.2 Å². The second-order valence-electron chi connectivity index (χ2n) is 10.9. The molecule has 0 N–H and O–H groups in total. The molecule has 1 aromatic carbocycles. The maximum atomic E-state index is 14.6. The third-order valence-electron chi connectivity index (χ3n) is 9.16. The van der Waals surface area contributed by atoms with Crippen molar-refractivity contribution in [3.8, 4) is 0 Å². The molecule has 3 aliphatic rings. The van der Waals surface area contributed by atoms with Gasteiger partial charge >= 0.3 is 0 Å². The van der Waals surface area contributed by atoms with Gasteiger partial charge in [0.15, 0.2) is 0 Å². The van der Waals surface area contributed by atoms with Gasteiger partial charge in [0.25, 0.3) is 0 Å². The molecule has 4 rings (SSSR count). The van der Waals surface area contributed by atoms with E-state index in [4.69, 9.17) is 0 Å². The van der Waals surface area contributed by atoms with E-state index in [0.29, 0.717) is 5.92 Å². The number of halogens is 1. The SMILES string of the molecule is C=CCCc1ccc(C2CCC3CC(C4CCC(CCC=C)CC4)CCC3C2)cc1F. The smallest absolute Gasteiger partial charge is 0.126 e.